The number of aromatic nitrogens is 2. The number of imidazole rings is 1. The predicted octanol–water partition coefficient (Wildman–Crippen LogP) is 1.98. The largest absolute Gasteiger partial charge is 0.390 e. The van der Waals surface area contributed by atoms with E-state index in [1.54, 1.807) is 59.7 Å². The molecule has 94 heavy (non-hydrogen) atoms. The van der Waals surface area contributed by atoms with Crippen molar-refractivity contribution in [1.82, 2.24) is 66.0 Å². The number of amides is 11. The van der Waals surface area contributed by atoms with Crippen molar-refractivity contribution in [3.8, 4) is 0 Å². The summed E-state index contributed by atoms with van der Waals surface area (Å²) in [6.07, 6.45) is -1.19. The summed E-state index contributed by atoms with van der Waals surface area (Å²) in [6.45, 7) is 27.2. The molecule has 1 fully saturated rings. The number of aliphatic hydroxyl groups excluding tert-OH is 1. The second kappa shape index (κ2) is 35.6. The molecule has 3 rings (SSSR count). The molecule has 1 aromatic carbocycles. The lowest BCUT2D eigenvalue weighted by Crippen LogP contribution is -2.63. The van der Waals surface area contributed by atoms with Crippen LogP contribution in [0.25, 0.3) is 11.0 Å². The SMILES string of the molecule is CC[C@@H]1NC(=O)[C@H]([C@H](O)[C@H](C)Cc2nc3ccc(N=C(N)N)cc3[nH]2)NC(=O)[C@H](C(C)C)N(C)C(=O)[C@H](CC(C)C)N(C)C(=O)[C@H](CC(C)C)N(C)C(=O)[C@@H](C)NC(=O)[C@H](C)NC(=O)[C@H](CC(C)C)N(C)C(=O)[C@H](C(C)C)NC(=O)[C@H](CC(C)C)N(C)C(=O)CN(C)C1=O. The second-order valence-corrected chi connectivity index (χ2v) is 28.0. The van der Waals surface area contributed by atoms with Crippen molar-refractivity contribution in [1.29, 1.82) is 0 Å². The molecule has 11 N–H and O–H groups in total. The van der Waals surface area contributed by atoms with Crippen LogP contribution in [0.15, 0.2) is 23.2 Å². The fourth-order valence-electron chi connectivity index (χ4n) is 11.7. The number of likely N-dealkylation sites (N-methyl/N-ethyl adjacent to an activating group) is 6. The maximum absolute atomic E-state index is 15.2. The van der Waals surface area contributed by atoms with Crippen molar-refractivity contribution >= 4 is 87.7 Å². The van der Waals surface area contributed by atoms with Crippen molar-refractivity contribution in [3.05, 3.63) is 24.0 Å². The number of fused-ring (bicyclic) bond motifs is 1. The molecular formula is C66H112N16O12. The predicted molar refractivity (Wildman–Crippen MR) is 360 cm³/mol. The lowest BCUT2D eigenvalue weighted by Gasteiger charge is -2.40. The van der Waals surface area contributed by atoms with Gasteiger partial charge in [-0.1, -0.05) is 96.9 Å². The van der Waals surface area contributed by atoms with Gasteiger partial charge in [-0.2, -0.15) is 0 Å². The molecule has 1 aromatic heterocycles. The lowest BCUT2D eigenvalue weighted by atomic mass is 9.92. The Morgan fingerprint density at radius 2 is 1.01 bits per heavy atom. The van der Waals surface area contributed by atoms with E-state index in [-0.39, 0.29) is 68.2 Å². The molecule has 0 spiro atoms. The number of aromatic amines is 1. The zero-order valence-electron chi connectivity index (χ0n) is 59.7. The first kappa shape index (κ1) is 80.3. The molecule has 528 valence electrons. The summed E-state index contributed by atoms with van der Waals surface area (Å²) >= 11 is 0. The zero-order chi connectivity index (χ0) is 71.8. The maximum atomic E-state index is 15.2. The molecule has 28 nitrogen and oxygen atoms in total. The van der Waals surface area contributed by atoms with Crippen molar-refractivity contribution in [2.24, 2.45) is 57.9 Å². The van der Waals surface area contributed by atoms with Gasteiger partial charge < -0.3 is 77.5 Å². The monoisotopic (exact) mass is 1320 g/mol. The highest BCUT2D eigenvalue weighted by Gasteiger charge is 2.44. The van der Waals surface area contributed by atoms with Gasteiger partial charge in [0.05, 0.1) is 29.4 Å². The fraction of sp³-hybridized carbons (Fsp3) is 0.712. The van der Waals surface area contributed by atoms with Gasteiger partial charge in [0.1, 0.15) is 66.2 Å². The Kier molecular flexibility index (Phi) is 30.4. The molecule has 2 heterocycles. The van der Waals surface area contributed by atoms with Crippen LogP contribution < -0.4 is 38.1 Å². The first-order valence-electron chi connectivity index (χ1n) is 32.9. The topological polar surface area (TPSA) is 381 Å². The highest BCUT2D eigenvalue weighted by atomic mass is 16.3. The number of aliphatic hydroxyl groups is 1. The molecule has 0 bridgehead atoms. The second-order valence-electron chi connectivity index (χ2n) is 28.0. The molecular weight excluding hydrogens is 1210 g/mol. The lowest BCUT2D eigenvalue weighted by molar-refractivity contribution is -0.154. The number of rotatable bonds is 16. The average molecular weight is 1320 g/mol. The van der Waals surface area contributed by atoms with E-state index in [0.29, 0.717) is 22.5 Å². The molecule has 0 aliphatic carbocycles. The maximum Gasteiger partial charge on any atom is 0.245 e. The summed E-state index contributed by atoms with van der Waals surface area (Å²) in [4.78, 5) is 180. The van der Waals surface area contributed by atoms with Crippen LogP contribution in [0, 0.1) is 41.4 Å². The minimum absolute atomic E-state index is 0.0226. The molecule has 2 aromatic rings. The minimum atomic E-state index is -1.80. The molecule has 1 aliphatic rings. The summed E-state index contributed by atoms with van der Waals surface area (Å²) in [7, 11) is 8.44. The van der Waals surface area contributed by atoms with E-state index >= 15 is 14.4 Å². The Hall–Kier alpha value is -7.91. The Morgan fingerprint density at radius 3 is 1.51 bits per heavy atom. The van der Waals surface area contributed by atoms with E-state index in [4.69, 9.17) is 11.5 Å². The third kappa shape index (κ3) is 21.8. The normalized spacial score (nSPS) is 25.2. The van der Waals surface area contributed by atoms with Gasteiger partial charge in [0.2, 0.25) is 65.0 Å². The van der Waals surface area contributed by atoms with Crippen LogP contribution in [-0.4, -0.2) is 231 Å². The number of nitrogens with zero attached hydrogens (tertiary/aromatic N) is 8. The van der Waals surface area contributed by atoms with Gasteiger partial charge in [-0.05, 0) is 106 Å². The standard InChI is InChI=1S/C66H112N16O12/c1-23-43-62(91)77(17)32-51(83)78(18)46(26-33(2)3)58(87)75-52(37(10)11)65(94)79(19)47(27-34(4)5)57(86)69-40(15)56(85)70-41(16)61(90)80(20)48(28-35(6)7)63(92)81(21)49(29-36(8)9)64(93)82(22)54(38(12)13)60(89)76-53(59(88)74-43)55(84)39(14)30-50-72-44-25-24-42(71-66(67)68)31-45(44)73-50/h24-25,31,33-41,43,46-49,52-55,84H,23,26-30,32H2,1-22H3,(H,69,86)(H,70,85)(H,72,73)(H,74,88)(H,75,87)(H,76,89)(H4,67,68,71)/t39-,40+,41-,43+,46+,47+,48+,49+,52+,53+,54+,55-/m1/s1. The van der Waals surface area contributed by atoms with Gasteiger partial charge in [0, 0.05) is 48.7 Å². The Bertz CT molecular complexity index is 3010. The van der Waals surface area contributed by atoms with E-state index in [0.717, 1.165) is 4.90 Å². The third-order valence-electron chi connectivity index (χ3n) is 17.2. The van der Waals surface area contributed by atoms with Crippen molar-refractivity contribution in [2.75, 3.05) is 48.8 Å². The van der Waals surface area contributed by atoms with Crippen LogP contribution in [0.2, 0.25) is 0 Å². The van der Waals surface area contributed by atoms with E-state index in [1.165, 1.54) is 80.6 Å². The van der Waals surface area contributed by atoms with E-state index in [9.17, 15) is 43.5 Å². The van der Waals surface area contributed by atoms with Gasteiger partial charge in [0.25, 0.3) is 0 Å². The molecule has 1 saturated heterocycles. The van der Waals surface area contributed by atoms with Crippen LogP contribution in [0.1, 0.15) is 149 Å². The Morgan fingerprint density at radius 1 is 0.543 bits per heavy atom. The quantitative estimate of drug-likeness (QED) is 0.0857. The third-order valence-corrected chi connectivity index (χ3v) is 17.2. The molecule has 11 amide bonds. The van der Waals surface area contributed by atoms with E-state index < -0.39 is 156 Å². The smallest absolute Gasteiger partial charge is 0.245 e. The van der Waals surface area contributed by atoms with Crippen molar-refractivity contribution < 1.29 is 57.8 Å². The average Bonchev–Trinajstić information content (AvgIpc) is 1.22. The molecule has 0 radical (unpaired) electrons. The first-order valence-corrected chi connectivity index (χ1v) is 32.9. The van der Waals surface area contributed by atoms with E-state index in [2.05, 4.69) is 41.5 Å². The number of nitrogens with two attached hydrogens (primary N) is 2. The van der Waals surface area contributed by atoms with Gasteiger partial charge in [-0.25, -0.2) is 9.98 Å². The van der Waals surface area contributed by atoms with Crippen LogP contribution in [0.4, 0.5) is 5.69 Å². The number of nitrogens with one attached hydrogen (secondary N) is 6. The number of carbonyl (C=O) groups excluding carboxylic acids is 11. The van der Waals surface area contributed by atoms with Crippen LogP contribution >= 0.6 is 0 Å². The highest BCUT2D eigenvalue weighted by molar-refractivity contribution is 6.00. The van der Waals surface area contributed by atoms with Gasteiger partial charge in [0.15, 0.2) is 5.96 Å². The van der Waals surface area contributed by atoms with Crippen LogP contribution in [0.3, 0.4) is 0 Å². The highest BCUT2D eigenvalue weighted by Crippen LogP contribution is 2.26. The van der Waals surface area contributed by atoms with Crippen LogP contribution in [0.5, 0.6) is 0 Å². The summed E-state index contributed by atoms with van der Waals surface area (Å²) in [6, 6.07) is -7.85. The summed E-state index contributed by atoms with van der Waals surface area (Å²) in [5, 5.41) is 26.1. The molecule has 0 saturated carbocycles. The molecule has 12 atom stereocenters. The van der Waals surface area contributed by atoms with Crippen molar-refractivity contribution in [3.63, 3.8) is 0 Å². The van der Waals surface area contributed by atoms with Gasteiger partial charge >= 0.3 is 0 Å². The fourth-order valence-corrected chi connectivity index (χ4v) is 11.7. The zero-order valence-corrected chi connectivity index (χ0v) is 59.7. The Labute approximate surface area is 556 Å². The number of carbonyl (C=O) groups is 11. The van der Waals surface area contributed by atoms with Gasteiger partial charge in [-0.3, -0.25) is 52.7 Å². The summed E-state index contributed by atoms with van der Waals surface area (Å²) in [5.74, 6) is -10.4. The van der Waals surface area contributed by atoms with Crippen molar-refractivity contribution in [2.45, 2.75) is 216 Å². The van der Waals surface area contributed by atoms with E-state index in [1.807, 2.05) is 55.4 Å². The van der Waals surface area contributed by atoms with Gasteiger partial charge in [-0.15, -0.1) is 0 Å². The minimum Gasteiger partial charge on any atom is -0.390 e. The number of aliphatic imine (C=N–C) groups is 1. The molecule has 0 unspecified atom stereocenters. The number of hydrogen-bond acceptors (Lipinski definition) is 14. The Balaban J connectivity index is 2.30. The molecule has 28 heteroatoms. The number of guanidine groups is 1. The number of H-pyrrole nitrogens is 1. The number of benzene rings is 1. The first-order chi connectivity index (χ1) is 43.6. The number of hydrogen-bond donors (Lipinski definition) is 9. The molecule has 1 aliphatic heterocycles. The summed E-state index contributed by atoms with van der Waals surface area (Å²) in [5.41, 5.74) is 12.8. The van der Waals surface area contributed by atoms with Crippen LogP contribution in [-0.2, 0) is 59.2 Å². The summed E-state index contributed by atoms with van der Waals surface area (Å²) < 4.78 is 0.